The number of piperidine rings is 1. The number of carbonyl (C=O) groups excluding carboxylic acids is 2. The Morgan fingerprint density at radius 2 is 1.95 bits per heavy atom. The van der Waals surface area contributed by atoms with Gasteiger partial charge in [-0.3, -0.25) is 9.59 Å². The molecule has 5 nitrogen and oxygen atoms in total. The minimum Gasteiger partial charge on any atom is -0.394 e. The van der Waals surface area contributed by atoms with Crippen LogP contribution in [0.3, 0.4) is 0 Å². The molecule has 0 radical (unpaired) electrons. The van der Waals surface area contributed by atoms with Gasteiger partial charge in [0.2, 0.25) is 11.8 Å². The molecule has 3 unspecified atom stereocenters. The summed E-state index contributed by atoms with van der Waals surface area (Å²) in [6.45, 7) is 7.96. The molecule has 0 saturated carbocycles. The van der Waals surface area contributed by atoms with E-state index in [1.165, 1.54) is 0 Å². The Bertz CT molecular complexity index is 397. The maximum atomic E-state index is 12.7. The first-order chi connectivity index (χ1) is 9.95. The van der Waals surface area contributed by atoms with Crippen LogP contribution < -0.4 is 0 Å². The predicted molar refractivity (Wildman–Crippen MR) is 80.5 cm³/mol. The maximum Gasteiger partial charge on any atom is 0.227 e. The van der Waals surface area contributed by atoms with Gasteiger partial charge in [-0.05, 0) is 25.2 Å². The summed E-state index contributed by atoms with van der Waals surface area (Å²) >= 11 is 0. The molecule has 2 amide bonds. The van der Waals surface area contributed by atoms with Crippen LogP contribution in [0.5, 0.6) is 0 Å². The predicted octanol–water partition coefficient (Wildman–Crippen LogP) is 1.11. The molecular weight excluding hydrogens is 268 g/mol. The van der Waals surface area contributed by atoms with E-state index in [2.05, 4.69) is 6.92 Å². The summed E-state index contributed by atoms with van der Waals surface area (Å²) in [6, 6.07) is -0.0475. The fourth-order valence-electron chi connectivity index (χ4n) is 3.54. The highest BCUT2D eigenvalue weighted by Crippen LogP contribution is 2.28. The number of hydrogen-bond donors (Lipinski definition) is 1. The lowest BCUT2D eigenvalue weighted by atomic mass is 9.95. The van der Waals surface area contributed by atoms with Crippen LogP contribution in [0, 0.1) is 17.8 Å². The first-order valence-corrected chi connectivity index (χ1v) is 8.15. The zero-order valence-corrected chi connectivity index (χ0v) is 13.4. The van der Waals surface area contributed by atoms with Crippen LogP contribution in [0.1, 0.15) is 40.0 Å². The fraction of sp³-hybridized carbons (Fsp3) is 0.875. The molecule has 1 N–H and O–H groups in total. The molecule has 0 spiro atoms. The third kappa shape index (κ3) is 3.39. The molecule has 2 heterocycles. The SMILES string of the molecule is CC(C)C(=O)N1CCCC(C(=O)N2CCC(C)C2CO)C1. The average Bonchev–Trinajstić information content (AvgIpc) is 2.86. The van der Waals surface area contributed by atoms with E-state index < -0.39 is 0 Å². The molecule has 3 atom stereocenters. The van der Waals surface area contributed by atoms with Gasteiger partial charge in [0, 0.05) is 25.6 Å². The summed E-state index contributed by atoms with van der Waals surface area (Å²) < 4.78 is 0. The van der Waals surface area contributed by atoms with Gasteiger partial charge in [0.1, 0.15) is 0 Å². The van der Waals surface area contributed by atoms with E-state index in [0.717, 1.165) is 32.4 Å². The van der Waals surface area contributed by atoms with Crippen molar-refractivity contribution in [2.75, 3.05) is 26.2 Å². The van der Waals surface area contributed by atoms with Crippen LogP contribution in [-0.2, 0) is 9.59 Å². The van der Waals surface area contributed by atoms with Gasteiger partial charge in [-0.2, -0.15) is 0 Å². The number of likely N-dealkylation sites (tertiary alicyclic amines) is 2. The average molecular weight is 296 g/mol. The van der Waals surface area contributed by atoms with E-state index >= 15 is 0 Å². The molecule has 0 aliphatic carbocycles. The molecule has 0 aromatic rings. The lowest BCUT2D eigenvalue weighted by molar-refractivity contribution is -0.143. The van der Waals surface area contributed by atoms with Crippen molar-refractivity contribution in [1.82, 2.24) is 9.80 Å². The van der Waals surface area contributed by atoms with Crippen LogP contribution in [0.15, 0.2) is 0 Å². The van der Waals surface area contributed by atoms with Crippen molar-refractivity contribution in [3.63, 3.8) is 0 Å². The summed E-state index contributed by atoms with van der Waals surface area (Å²) in [5, 5.41) is 9.51. The second-order valence-electron chi connectivity index (χ2n) is 6.83. The highest BCUT2D eigenvalue weighted by atomic mass is 16.3. The van der Waals surface area contributed by atoms with Crippen molar-refractivity contribution in [2.24, 2.45) is 17.8 Å². The minimum atomic E-state index is -0.0965. The zero-order chi connectivity index (χ0) is 15.6. The molecule has 2 aliphatic rings. The molecule has 2 saturated heterocycles. The maximum absolute atomic E-state index is 12.7. The van der Waals surface area contributed by atoms with Gasteiger partial charge in [0.25, 0.3) is 0 Å². The van der Waals surface area contributed by atoms with Gasteiger partial charge in [-0.1, -0.05) is 20.8 Å². The van der Waals surface area contributed by atoms with Gasteiger partial charge in [-0.25, -0.2) is 0 Å². The molecule has 2 fully saturated rings. The third-order valence-corrected chi connectivity index (χ3v) is 4.93. The fourth-order valence-corrected chi connectivity index (χ4v) is 3.54. The van der Waals surface area contributed by atoms with Crippen LogP contribution in [0.4, 0.5) is 0 Å². The van der Waals surface area contributed by atoms with Crippen molar-refractivity contribution < 1.29 is 14.7 Å². The molecule has 2 rings (SSSR count). The van der Waals surface area contributed by atoms with Gasteiger partial charge in [0.05, 0.1) is 18.6 Å². The largest absolute Gasteiger partial charge is 0.394 e. The van der Waals surface area contributed by atoms with Gasteiger partial charge in [-0.15, -0.1) is 0 Å². The van der Waals surface area contributed by atoms with Crippen molar-refractivity contribution in [3.8, 4) is 0 Å². The lowest BCUT2D eigenvalue weighted by Gasteiger charge is -2.36. The van der Waals surface area contributed by atoms with Gasteiger partial charge in [0.15, 0.2) is 0 Å². The molecular formula is C16H28N2O3. The first kappa shape index (κ1) is 16.3. The van der Waals surface area contributed by atoms with Crippen LogP contribution >= 0.6 is 0 Å². The number of aliphatic hydroxyl groups excluding tert-OH is 1. The highest BCUT2D eigenvalue weighted by Gasteiger charge is 2.38. The molecule has 21 heavy (non-hydrogen) atoms. The number of hydrogen-bond acceptors (Lipinski definition) is 3. The molecule has 0 aromatic heterocycles. The second kappa shape index (κ2) is 6.77. The summed E-state index contributed by atoms with van der Waals surface area (Å²) in [5.41, 5.74) is 0. The number of rotatable bonds is 3. The molecule has 0 aromatic carbocycles. The topological polar surface area (TPSA) is 60.9 Å². The highest BCUT2D eigenvalue weighted by molar-refractivity contribution is 5.82. The number of carbonyl (C=O) groups is 2. The van der Waals surface area contributed by atoms with Crippen LogP contribution in [-0.4, -0.2) is 59.0 Å². The number of aliphatic hydroxyl groups is 1. The summed E-state index contributed by atoms with van der Waals surface area (Å²) in [4.78, 5) is 28.5. The Balaban J connectivity index is 2.01. The summed E-state index contributed by atoms with van der Waals surface area (Å²) in [7, 11) is 0. The Kier molecular flexibility index (Phi) is 5.25. The van der Waals surface area contributed by atoms with Gasteiger partial charge >= 0.3 is 0 Å². The lowest BCUT2D eigenvalue weighted by Crippen LogP contribution is -2.49. The normalized spacial score (nSPS) is 30.0. The molecule has 0 bridgehead atoms. The van der Waals surface area contributed by atoms with E-state index in [0.29, 0.717) is 12.5 Å². The monoisotopic (exact) mass is 296 g/mol. The quantitative estimate of drug-likeness (QED) is 0.848. The second-order valence-corrected chi connectivity index (χ2v) is 6.83. The van der Waals surface area contributed by atoms with E-state index in [-0.39, 0.29) is 36.3 Å². The van der Waals surface area contributed by atoms with Gasteiger partial charge < -0.3 is 14.9 Å². The van der Waals surface area contributed by atoms with Crippen molar-refractivity contribution in [1.29, 1.82) is 0 Å². The smallest absolute Gasteiger partial charge is 0.227 e. The molecule has 2 aliphatic heterocycles. The van der Waals surface area contributed by atoms with E-state index in [1.54, 1.807) is 0 Å². The third-order valence-electron chi connectivity index (χ3n) is 4.93. The molecule has 120 valence electrons. The van der Waals surface area contributed by atoms with E-state index in [1.807, 2.05) is 23.6 Å². The summed E-state index contributed by atoms with van der Waals surface area (Å²) in [5.74, 6) is 0.508. The van der Waals surface area contributed by atoms with Crippen molar-refractivity contribution >= 4 is 11.8 Å². The Labute approximate surface area is 127 Å². The standard InChI is InChI=1S/C16H28N2O3/c1-11(2)15(20)17-7-4-5-13(9-17)16(21)18-8-6-12(3)14(18)10-19/h11-14,19H,4-10H2,1-3H3. The van der Waals surface area contributed by atoms with E-state index in [4.69, 9.17) is 0 Å². The van der Waals surface area contributed by atoms with Crippen molar-refractivity contribution in [3.05, 3.63) is 0 Å². The molecule has 5 heteroatoms. The van der Waals surface area contributed by atoms with Crippen LogP contribution in [0.25, 0.3) is 0 Å². The van der Waals surface area contributed by atoms with Crippen LogP contribution in [0.2, 0.25) is 0 Å². The first-order valence-electron chi connectivity index (χ1n) is 8.15. The van der Waals surface area contributed by atoms with E-state index in [9.17, 15) is 14.7 Å². The number of nitrogens with zero attached hydrogens (tertiary/aromatic N) is 2. The summed E-state index contributed by atoms with van der Waals surface area (Å²) in [6.07, 6.45) is 2.70. The Morgan fingerprint density at radius 3 is 2.57 bits per heavy atom. The Hall–Kier alpha value is -1.10. The number of amides is 2. The zero-order valence-electron chi connectivity index (χ0n) is 13.4. The Morgan fingerprint density at radius 1 is 1.24 bits per heavy atom. The van der Waals surface area contributed by atoms with Crippen molar-refractivity contribution in [2.45, 2.75) is 46.1 Å². The minimum absolute atomic E-state index is 0.0177.